The molecule has 13 heavy (non-hydrogen) atoms. The van der Waals surface area contributed by atoms with Crippen molar-refractivity contribution < 1.29 is 0 Å². The first-order valence-corrected chi connectivity index (χ1v) is 4.69. The van der Waals surface area contributed by atoms with Crippen LogP contribution in [0.25, 0.3) is 0 Å². The van der Waals surface area contributed by atoms with Gasteiger partial charge in [0.1, 0.15) is 0 Å². The third kappa shape index (κ3) is 2.92. The molecule has 0 aliphatic rings. The van der Waals surface area contributed by atoms with E-state index < -0.39 is 0 Å². The molecular weight excluding hydrogens is 180 g/mol. The molecule has 1 aromatic rings. The largest absolute Gasteiger partial charge is 0.286 e. The van der Waals surface area contributed by atoms with Gasteiger partial charge in [-0.15, -0.1) is 0 Å². The van der Waals surface area contributed by atoms with E-state index in [2.05, 4.69) is 11.1 Å². The van der Waals surface area contributed by atoms with E-state index in [0.717, 1.165) is 9.94 Å². The Bertz CT molecular complexity index is 346. The van der Waals surface area contributed by atoms with Gasteiger partial charge in [0.25, 0.3) is 0 Å². The van der Waals surface area contributed by atoms with Gasteiger partial charge in [0, 0.05) is 11.9 Å². The fourth-order valence-electron chi connectivity index (χ4n) is 0.814. The molecule has 0 unspecified atom stereocenters. The van der Waals surface area contributed by atoms with Crippen molar-refractivity contribution in [3.05, 3.63) is 29.8 Å². The molecule has 0 spiro atoms. The lowest BCUT2D eigenvalue weighted by molar-refractivity contribution is 1.41. The highest BCUT2D eigenvalue weighted by molar-refractivity contribution is 8.13. The maximum Gasteiger partial charge on any atom is 0.0991 e. The molecule has 0 radical (unpaired) electrons. The molecular formula is C10H10N2S. The Balaban J connectivity index is 2.77. The van der Waals surface area contributed by atoms with Gasteiger partial charge in [0.2, 0.25) is 0 Å². The Morgan fingerprint density at radius 1 is 1.38 bits per heavy atom. The van der Waals surface area contributed by atoms with Gasteiger partial charge in [0.05, 0.1) is 16.7 Å². The van der Waals surface area contributed by atoms with Gasteiger partial charge in [-0.3, -0.25) is 4.99 Å². The summed E-state index contributed by atoms with van der Waals surface area (Å²) in [6.07, 6.45) is 0. The molecule has 0 saturated carbocycles. The molecule has 0 amide bonds. The van der Waals surface area contributed by atoms with Crippen molar-refractivity contribution in [2.45, 2.75) is 11.8 Å². The SMILES string of the molecule is CN=C(C)Sc1ccc(C#N)cc1. The molecule has 0 bridgehead atoms. The van der Waals surface area contributed by atoms with E-state index >= 15 is 0 Å². The number of nitriles is 1. The summed E-state index contributed by atoms with van der Waals surface area (Å²) in [6, 6.07) is 9.56. The predicted molar refractivity (Wildman–Crippen MR) is 56.0 cm³/mol. The Kier molecular flexibility index (Phi) is 3.53. The Labute approximate surface area is 82.3 Å². The highest BCUT2D eigenvalue weighted by Crippen LogP contribution is 2.19. The first kappa shape index (κ1) is 9.82. The molecule has 0 aromatic heterocycles. The van der Waals surface area contributed by atoms with Crippen molar-refractivity contribution in [1.29, 1.82) is 5.26 Å². The molecule has 0 heterocycles. The van der Waals surface area contributed by atoms with Crippen LogP contribution >= 0.6 is 11.8 Å². The second kappa shape index (κ2) is 4.68. The lowest BCUT2D eigenvalue weighted by Gasteiger charge is -1.98. The summed E-state index contributed by atoms with van der Waals surface area (Å²) in [7, 11) is 1.77. The fraction of sp³-hybridized carbons (Fsp3) is 0.200. The lowest BCUT2D eigenvalue weighted by Crippen LogP contribution is -1.82. The number of thioether (sulfide) groups is 1. The molecule has 1 rings (SSSR count). The topological polar surface area (TPSA) is 36.1 Å². The average Bonchev–Trinajstić information content (AvgIpc) is 2.19. The van der Waals surface area contributed by atoms with Gasteiger partial charge < -0.3 is 0 Å². The zero-order chi connectivity index (χ0) is 9.68. The summed E-state index contributed by atoms with van der Waals surface area (Å²) in [5.74, 6) is 0. The quantitative estimate of drug-likeness (QED) is 0.388. The van der Waals surface area contributed by atoms with E-state index in [1.165, 1.54) is 0 Å². The number of rotatable bonds is 1. The van der Waals surface area contributed by atoms with E-state index in [1.54, 1.807) is 18.8 Å². The summed E-state index contributed by atoms with van der Waals surface area (Å²) in [5.41, 5.74) is 0.690. The summed E-state index contributed by atoms with van der Waals surface area (Å²) in [4.78, 5) is 5.15. The smallest absolute Gasteiger partial charge is 0.0991 e. The number of hydrogen-bond donors (Lipinski definition) is 0. The van der Waals surface area contributed by atoms with E-state index in [-0.39, 0.29) is 0 Å². The number of hydrogen-bond acceptors (Lipinski definition) is 3. The van der Waals surface area contributed by atoms with Gasteiger partial charge in [-0.1, -0.05) is 11.8 Å². The van der Waals surface area contributed by atoms with Crippen molar-refractivity contribution in [3.8, 4) is 6.07 Å². The molecule has 3 heteroatoms. The van der Waals surface area contributed by atoms with Crippen LogP contribution in [-0.4, -0.2) is 12.1 Å². The molecule has 2 nitrogen and oxygen atoms in total. The standard InChI is InChI=1S/C10H10N2S/c1-8(12-2)13-10-5-3-9(7-11)4-6-10/h3-6H,1-2H3. The number of benzene rings is 1. The number of aliphatic imine (C=N–C) groups is 1. The van der Waals surface area contributed by atoms with Crippen LogP contribution in [0.2, 0.25) is 0 Å². The Morgan fingerprint density at radius 3 is 2.46 bits per heavy atom. The Morgan fingerprint density at radius 2 is 2.00 bits per heavy atom. The second-order valence-electron chi connectivity index (χ2n) is 2.48. The molecule has 0 saturated heterocycles. The van der Waals surface area contributed by atoms with E-state index in [1.807, 2.05) is 31.2 Å². The summed E-state index contributed by atoms with van der Waals surface area (Å²) >= 11 is 1.60. The highest BCUT2D eigenvalue weighted by Gasteiger charge is 1.96. The molecule has 0 atom stereocenters. The maximum atomic E-state index is 8.58. The molecule has 0 N–H and O–H groups in total. The van der Waals surface area contributed by atoms with Crippen LogP contribution in [0, 0.1) is 11.3 Å². The molecule has 0 aliphatic heterocycles. The predicted octanol–water partition coefficient (Wildman–Crippen LogP) is 2.70. The van der Waals surface area contributed by atoms with E-state index in [4.69, 9.17) is 5.26 Å². The zero-order valence-corrected chi connectivity index (χ0v) is 8.43. The van der Waals surface area contributed by atoms with Gasteiger partial charge in [-0.25, -0.2) is 0 Å². The molecule has 0 fully saturated rings. The van der Waals surface area contributed by atoms with Crippen molar-refractivity contribution >= 4 is 16.8 Å². The van der Waals surface area contributed by atoms with Crippen LogP contribution in [0.15, 0.2) is 34.2 Å². The first-order chi connectivity index (χ1) is 6.26. The minimum atomic E-state index is 0.690. The van der Waals surface area contributed by atoms with Crippen molar-refractivity contribution in [2.24, 2.45) is 4.99 Å². The highest BCUT2D eigenvalue weighted by atomic mass is 32.2. The van der Waals surface area contributed by atoms with E-state index in [9.17, 15) is 0 Å². The minimum Gasteiger partial charge on any atom is -0.286 e. The third-order valence-corrected chi connectivity index (χ3v) is 2.55. The summed E-state index contributed by atoms with van der Waals surface area (Å²) in [6.45, 7) is 1.96. The summed E-state index contributed by atoms with van der Waals surface area (Å²) in [5, 5.41) is 9.59. The minimum absolute atomic E-state index is 0.690. The third-order valence-electron chi connectivity index (χ3n) is 1.56. The average molecular weight is 190 g/mol. The van der Waals surface area contributed by atoms with Gasteiger partial charge in [-0.05, 0) is 31.2 Å². The fourth-order valence-corrected chi connectivity index (χ4v) is 1.52. The first-order valence-electron chi connectivity index (χ1n) is 3.87. The van der Waals surface area contributed by atoms with Gasteiger partial charge in [0.15, 0.2) is 0 Å². The van der Waals surface area contributed by atoms with Crippen LogP contribution < -0.4 is 0 Å². The van der Waals surface area contributed by atoms with Gasteiger partial charge >= 0.3 is 0 Å². The van der Waals surface area contributed by atoms with Crippen molar-refractivity contribution in [1.82, 2.24) is 0 Å². The monoisotopic (exact) mass is 190 g/mol. The van der Waals surface area contributed by atoms with Crippen LogP contribution in [0.1, 0.15) is 12.5 Å². The zero-order valence-electron chi connectivity index (χ0n) is 7.61. The van der Waals surface area contributed by atoms with Crippen molar-refractivity contribution in [3.63, 3.8) is 0 Å². The molecule has 1 aromatic carbocycles. The molecule has 66 valence electrons. The number of nitrogens with zero attached hydrogens (tertiary/aromatic N) is 2. The lowest BCUT2D eigenvalue weighted by atomic mass is 10.2. The Hall–Kier alpha value is -1.27. The normalized spacial score (nSPS) is 11.0. The van der Waals surface area contributed by atoms with Crippen LogP contribution in [0.4, 0.5) is 0 Å². The van der Waals surface area contributed by atoms with Crippen LogP contribution in [0.5, 0.6) is 0 Å². The molecule has 0 aliphatic carbocycles. The van der Waals surface area contributed by atoms with Crippen molar-refractivity contribution in [2.75, 3.05) is 7.05 Å². The maximum absolute atomic E-state index is 8.58. The van der Waals surface area contributed by atoms with Crippen LogP contribution in [0.3, 0.4) is 0 Å². The summed E-state index contributed by atoms with van der Waals surface area (Å²) < 4.78 is 0. The van der Waals surface area contributed by atoms with E-state index in [0.29, 0.717) is 5.56 Å². The second-order valence-corrected chi connectivity index (χ2v) is 3.75. The van der Waals surface area contributed by atoms with Crippen LogP contribution in [-0.2, 0) is 0 Å². The van der Waals surface area contributed by atoms with Gasteiger partial charge in [-0.2, -0.15) is 5.26 Å².